The summed E-state index contributed by atoms with van der Waals surface area (Å²) in [6, 6.07) is 1.87. The van der Waals surface area contributed by atoms with Crippen LogP contribution in [0.4, 0.5) is 0 Å². The lowest BCUT2D eigenvalue weighted by molar-refractivity contribution is 0.0759. The minimum atomic E-state index is -0.556. The second-order valence-electron chi connectivity index (χ2n) is 6.91. The number of nitrogens with zero attached hydrogens (tertiary/aromatic N) is 4. The van der Waals surface area contributed by atoms with Crippen LogP contribution in [0.25, 0.3) is 0 Å². The van der Waals surface area contributed by atoms with Gasteiger partial charge in [-0.25, -0.2) is 4.98 Å². The molecule has 0 spiro atoms. The summed E-state index contributed by atoms with van der Waals surface area (Å²) in [6.07, 6.45) is 2.68. The van der Waals surface area contributed by atoms with Crippen LogP contribution in [0.1, 0.15) is 27.8 Å². The van der Waals surface area contributed by atoms with Gasteiger partial charge in [-0.1, -0.05) is 5.16 Å². The Hall–Kier alpha value is -2.19. The molecular weight excluding hydrogens is 322 g/mol. The Morgan fingerprint density at radius 1 is 1.44 bits per heavy atom. The van der Waals surface area contributed by atoms with Crippen LogP contribution in [-0.4, -0.2) is 62.9 Å². The van der Waals surface area contributed by atoms with Crippen molar-refractivity contribution in [3.05, 3.63) is 35.2 Å². The van der Waals surface area contributed by atoms with Crippen LogP contribution in [0.3, 0.4) is 0 Å². The predicted octanol–water partition coefficient (Wildman–Crippen LogP) is 0.000820. The van der Waals surface area contributed by atoms with Crippen LogP contribution < -0.4 is 5.32 Å². The Morgan fingerprint density at radius 3 is 3.12 bits per heavy atom. The molecule has 2 aliphatic heterocycles. The van der Waals surface area contributed by atoms with Crippen molar-refractivity contribution in [3.63, 3.8) is 0 Å². The molecule has 2 aromatic rings. The standard InChI is InChI=1S/C17H23N5O3/c1-11-6-13(25-20-11)7-12-8-22(10-15(12)23)17(24)14-9-21-5-4-18-3-2-16(21)19-14/h6,9,12,15,18,23H,2-5,7-8,10H2,1H3/t12-,15-/m1/s1. The quantitative estimate of drug-likeness (QED) is 0.813. The Kier molecular flexibility index (Phi) is 4.30. The van der Waals surface area contributed by atoms with Crippen LogP contribution >= 0.6 is 0 Å². The SMILES string of the molecule is Cc1cc(C[C@@H]2CN(C(=O)c3cn4c(n3)CCNCC4)C[C@H]2O)on1. The summed E-state index contributed by atoms with van der Waals surface area (Å²) in [5, 5.41) is 17.5. The number of hydrogen-bond donors (Lipinski definition) is 2. The molecule has 25 heavy (non-hydrogen) atoms. The fourth-order valence-electron chi connectivity index (χ4n) is 3.63. The Bertz CT molecular complexity index is 745. The molecule has 2 N–H and O–H groups in total. The number of rotatable bonds is 3. The summed E-state index contributed by atoms with van der Waals surface area (Å²) < 4.78 is 7.29. The van der Waals surface area contributed by atoms with Gasteiger partial charge in [-0.2, -0.15) is 0 Å². The van der Waals surface area contributed by atoms with E-state index in [1.807, 2.05) is 19.2 Å². The molecule has 1 amide bonds. The van der Waals surface area contributed by atoms with Crippen molar-refractivity contribution in [3.8, 4) is 0 Å². The molecule has 1 fully saturated rings. The summed E-state index contributed by atoms with van der Waals surface area (Å²) in [4.78, 5) is 19.0. The van der Waals surface area contributed by atoms with Crippen LogP contribution in [0.2, 0.25) is 0 Å². The smallest absolute Gasteiger partial charge is 0.274 e. The first-order valence-electron chi connectivity index (χ1n) is 8.76. The van der Waals surface area contributed by atoms with Crippen LogP contribution in [0.15, 0.2) is 16.8 Å². The molecule has 134 valence electrons. The normalized spacial score (nSPS) is 23.5. The lowest BCUT2D eigenvalue weighted by Crippen LogP contribution is -2.30. The number of likely N-dealkylation sites (tertiary alicyclic amines) is 1. The van der Waals surface area contributed by atoms with Gasteiger partial charge in [-0.05, 0) is 6.92 Å². The molecule has 1 saturated heterocycles. The highest BCUT2D eigenvalue weighted by Crippen LogP contribution is 2.23. The van der Waals surface area contributed by atoms with Gasteiger partial charge >= 0.3 is 0 Å². The number of fused-ring (bicyclic) bond motifs is 1. The number of amides is 1. The maximum absolute atomic E-state index is 12.8. The molecular formula is C17H23N5O3. The molecule has 0 unspecified atom stereocenters. The maximum atomic E-state index is 12.8. The monoisotopic (exact) mass is 345 g/mol. The zero-order valence-corrected chi connectivity index (χ0v) is 14.3. The molecule has 2 atom stereocenters. The molecule has 8 heteroatoms. The topological polar surface area (TPSA) is 96.4 Å². The molecule has 2 aromatic heterocycles. The number of aliphatic hydroxyl groups excluding tert-OH is 1. The highest BCUT2D eigenvalue weighted by atomic mass is 16.5. The third kappa shape index (κ3) is 3.32. The summed E-state index contributed by atoms with van der Waals surface area (Å²) in [7, 11) is 0. The summed E-state index contributed by atoms with van der Waals surface area (Å²) in [5.74, 6) is 1.55. The van der Waals surface area contributed by atoms with Crippen LogP contribution in [0.5, 0.6) is 0 Å². The number of aryl methyl sites for hydroxylation is 1. The number of aliphatic hydroxyl groups is 1. The van der Waals surface area contributed by atoms with E-state index in [2.05, 4.69) is 20.0 Å². The van der Waals surface area contributed by atoms with Gasteiger partial charge < -0.3 is 24.4 Å². The van der Waals surface area contributed by atoms with Crippen molar-refractivity contribution in [2.75, 3.05) is 26.2 Å². The number of carbonyl (C=O) groups is 1. The van der Waals surface area contributed by atoms with Crippen LogP contribution in [-0.2, 0) is 19.4 Å². The van der Waals surface area contributed by atoms with E-state index in [0.29, 0.717) is 25.2 Å². The van der Waals surface area contributed by atoms with E-state index in [0.717, 1.165) is 43.3 Å². The van der Waals surface area contributed by atoms with Crippen molar-refractivity contribution < 1.29 is 14.4 Å². The van der Waals surface area contributed by atoms with Crippen molar-refractivity contribution in [2.45, 2.75) is 32.4 Å². The Balaban J connectivity index is 1.44. The molecule has 0 saturated carbocycles. The number of aromatic nitrogens is 3. The van der Waals surface area contributed by atoms with Crippen molar-refractivity contribution in [1.82, 2.24) is 24.9 Å². The molecule has 2 aliphatic rings. The van der Waals surface area contributed by atoms with Crippen molar-refractivity contribution in [1.29, 1.82) is 0 Å². The third-order valence-corrected chi connectivity index (χ3v) is 4.97. The van der Waals surface area contributed by atoms with E-state index < -0.39 is 6.10 Å². The number of nitrogens with one attached hydrogen (secondary N) is 1. The third-order valence-electron chi connectivity index (χ3n) is 4.97. The lowest BCUT2D eigenvalue weighted by Gasteiger charge is -2.14. The number of β-amino-alcohol motifs (C(OH)–C–C–N with tert-alkyl or cyclic N) is 1. The lowest BCUT2D eigenvalue weighted by atomic mass is 10.0. The van der Waals surface area contributed by atoms with E-state index in [4.69, 9.17) is 4.52 Å². The summed E-state index contributed by atoms with van der Waals surface area (Å²) in [6.45, 7) is 5.30. The number of hydrogen-bond acceptors (Lipinski definition) is 6. The second-order valence-corrected chi connectivity index (χ2v) is 6.91. The largest absolute Gasteiger partial charge is 0.391 e. The molecule has 4 heterocycles. The fraction of sp³-hybridized carbons (Fsp3) is 0.588. The zero-order chi connectivity index (χ0) is 17.4. The molecule has 0 bridgehead atoms. The minimum absolute atomic E-state index is 0.0408. The van der Waals surface area contributed by atoms with E-state index >= 15 is 0 Å². The average Bonchev–Trinajstić information content (AvgIpc) is 3.24. The Labute approximate surface area is 145 Å². The molecule has 4 rings (SSSR count). The highest BCUT2D eigenvalue weighted by Gasteiger charge is 2.36. The van der Waals surface area contributed by atoms with E-state index in [9.17, 15) is 9.90 Å². The average molecular weight is 345 g/mol. The molecule has 0 radical (unpaired) electrons. The van der Waals surface area contributed by atoms with Gasteiger partial charge in [0, 0.05) is 63.7 Å². The molecule has 8 nitrogen and oxygen atoms in total. The van der Waals surface area contributed by atoms with Gasteiger partial charge in [0.05, 0.1) is 11.8 Å². The van der Waals surface area contributed by atoms with Gasteiger partial charge in [0.15, 0.2) is 0 Å². The number of carbonyl (C=O) groups excluding carboxylic acids is 1. The first-order valence-corrected chi connectivity index (χ1v) is 8.76. The van der Waals surface area contributed by atoms with Crippen LogP contribution in [0, 0.1) is 12.8 Å². The first kappa shape index (κ1) is 16.3. The second kappa shape index (κ2) is 6.61. The summed E-state index contributed by atoms with van der Waals surface area (Å²) >= 11 is 0. The fourth-order valence-corrected chi connectivity index (χ4v) is 3.63. The summed E-state index contributed by atoms with van der Waals surface area (Å²) in [5.41, 5.74) is 1.30. The minimum Gasteiger partial charge on any atom is -0.391 e. The van der Waals surface area contributed by atoms with Gasteiger partial charge in [0.1, 0.15) is 17.3 Å². The maximum Gasteiger partial charge on any atom is 0.274 e. The van der Waals surface area contributed by atoms with Crippen molar-refractivity contribution in [2.24, 2.45) is 5.92 Å². The van der Waals surface area contributed by atoms with Gasteiger partial charge in [0.2, 0.25) is 0 Å². The molecule has 0 aliphatic carbocycles. The zero-order valence-electron chi connectivity index (χ0n) is 14.3. The predicted molar refractivity (Wildman–Crippen MR) is 89.1 cm³/mol. The Morgan fingerprint density at radius 2 is 2.32 bits per heavy atom. The van der Waals surface area contributed by atoms with Gasteiger partial charge in [-0.3, -0.25) is 4.79 Å². The van der Waals surface area contributed by atoms with Gasteiger partial charge in [0.25, 0.3) is 5.91 Å². The van der Waals surface area contributed by atoms with Gasteiger partial charge in [-0.15, -0.1) is 0 Å². The molecule has 0 aromatic carbocycles. The number of imidazole rings is 1. The van der Waals surface area contributed by atoms with E-state index in [-0.39, 0.29) is 11.8 Å². The van der Waals surface area contributed by atoms with Crippen molar-refractivity contribution >= 4 is 5.91 Å². The highest BCUT2D eigenvalue weighted by molar-refractivity contribution is 5.92. The first-order chi connectivity index (χ1) is 12.1. The van der Waals surface area contributed by atoms with E-state index in [1.54, 1.807) is 4.90 Å². The van der Waals surface area contributed by atoms with E-state index in [1.165, 1.54) is 0 Å².